The molecule has 0 bridgehead atoms. The van der Waals surface area contributed by atoms with E-state index < -0.39 is 0 Å². The lowest BCUT2D eigenvalue weighted by atomic mass is 9.81. The standard InChI is InChI=1S/C21H29N3O2/c25-19-15-20(18-5-2-1-3-6-18)26-21(16-19)7-12-23(13-8-21)10-4-11-24-14-9-22-17-24/h1-3,5-6,9,14,17,19-20,25H,4,7-8,10-13,15-16H2/t19-,20+/m0/s1. The lowest BCUT2D eigenvalue weighted by Gasteiger charge is -2.48. The molecule has 1 spiro atoms. The molecule has 1 N–H and O–H groups in total. The minimum Gasteiger partial charge on any atom is -0.393 e. The second kappa shape index (κ2) is 7.91. The molecule has 0 amide bonds. The highest BCUT2D eigenvalue weighted by atomic mass is 16.5. The Morgan fingerprint density at radius 1 is 1.15 bits per heavy atom. The molecule has 2 saturated heterocycles. The van der Waals surface area contributed by atoms with Crippen molar-refractivity contribution in [2.75, 3.05) is 19.6 Å². The molecule has 3 heterocycles. The van der Waals surface area contributed by atoms with E-state index in [-0.39, 0.29) is 17.8 Å². The zero-order chi connectivity index (χ0) is 17.8. The Hall–Kier alpha value is -1.69. The van der Waals surface area contributed by atoms with Gasteiger partial charge < -0.3 is 19.3 Å². The van der Waals surface area contributed by atoms with Crippen molar-refractivity contribution in [3.63, 3.8) is 0 Å². The maximum absolute atomic E-state index is 10.5. The number of hydrogen-bond donors (Lipinski definition) is 1. The van der Waals surface area contributed by atoms with Crippen LogP contribution in [0, 0.1) is 0 Å². The number of likely N-dealkylation sites (tertiary alicyclic amines) is 1. The van der Waals surface area contributed by atoms with Crippen molar-refractivity contribution in [1.82, 2.24) is 14.5 Å². The quantitative estimate of drug-likeness (QED) is 0.896. The third-order valence-electron chi connectivity index (χ3n) is 5.87. The van der Waals surface area contributed by atoms with E-state index in [2.05, 4.69) is 38.7 Å². The third kappa shape index (κ3) is 4.17. The van der Waals surface area contributed by atoms with E-state index in [1.165, 1.54) is 5.56 Å². The zero-order valence-corrected chi connectivity index (χ0v) is 15.3. The van der Waals surface area contributed by atoms with Gasteiger partial charge in [0.2, 0.25) is 0 Å². The molecule has 0 radical (unpaired) electrons. The fraction of sp³-hybridized carbons (Fsp3) is 0.571. The minimum atomic E-state index is -0.262. The summed E-state index contributed by atoms with van der Waals surface area (Å²) in [5, 5.41) is 10.5. The topological polar surface area (TPSA) is 50.5 Å². The van der Waals surface area contributed by atoms with Gasteiger partial charge in [0, 0.05) is 44.9 Å². The lowest BCUT2D eigenvalue weighted by Crippen LogP contribution is -2.51. The summed E-state index contributed by atoms with van der Waals surface area (Å²) in [6.07, 6.45) is 10.1. The molecule has 1 aromatic heterocycles. The Morgan fingerprint density at radius 3 is 2.69 bits per heavy atom. The molecule has 140 valence electrons. The average molecular weight is 355 g/mol. The van der Waals surface area contributed by atoms with E-state index in [1.807, 2.05) is 24.8 Å². The van der Waals surface area contributed by atoms with Gasteiger partial charge in [0.15, 0.2) is 0 Å². The number of hydrogen-bond acceptors (Lipinski definition) is 4. The van der Waals surface area contributed by atoms with Crippen molar-refractivity contribution in [3.8, 4) is 0 Å². The van der Waals surface area contributed by atoms with Gasteiger partial charge in [-0.05, 0) is 31.4 Å². The van der Waals surface area contributed by atoms with Crippen LogP contribution in [0.2, 0.25) is 0 Å². The number of aryl methyl sites for hydroxylation is 1. The molecule has 5 heteroatoms. The van der Waals surface area contributed by atoms with Crippen molar-refractivity contribution >= 4 is 0 Å². The predicted octanol–water partition coefficient (Wildman–Crippen LogP) is 3.02. The van der Waals surface area contributed by atoms with Crippen LogP contribution in [0.1, 0.15) is 43.8 Å². The Balaban J connectivity index is 1.30. The summed E-state index contributed by atoms with van der Waals surface area (Å²) in [6, 6.07) is 10.4. The predicted molar refractivity (Wildman–Crippen MR) is 101 cm³/mol. The summed E-state index contributed by atoms with van der Waals surface area (Å²) in [7, 11) is 0. The van der Waals surface area contributed by atoms with Crippen LogP contribution >= 0.6 is 0 Å². The highest BCUT2D eigenvalue weighted by molar-refractivity contribution is 5.19. The SMILES string of the molecule is O[C@H]1C[C@H](c2ccccc2)OC2(CCN(CCCn3ccnc3)CC2)C1. The molecular weight excluding hydrogens is 326 g/mol. The van der Waals surface area contributed by atoms with Crippen LogP contribution < -0.4 is 0 Å². The summed E-state index contributed by atoms with van der Waals surface area (Å²) < 4.78 is 8.72. The highest BCUT2D eigenvalue weighted by Crippen LogP contribution is 2.42. The second-order valence-corrected chi connectivity index (χ2v) is 7.79. The Labute approximate surface area is 155 Å². The van der Waals surface area contributed by atoms with Gasteiger partial charge in [-0.3, -0.25) is 0 Å². The smallest absolute Gasteiger partial charge is 0.0945 e. The van der Waals surface area contributed by atoms with E-state index in [4.69, 9.17) is 4.74 Å². The normalized spacial score (nSPS) is 26.2. The fourth-order valence-corrected chi connectivity index (χ4v) is 4.43. The van der Waals surface area contributed by atoms with E-state index in [1.54, 1.807) is 0 Å². The second-order valence-electron chi connectivity index (χ2n) is 7.79. The number of nitrogens with zero attached hydrogens (tertiary/aromatic N) is 3. The summed E-state index contributed by atoms with van der Waals surface area (Å²) in [5.74, 6) is 0. The molecule has 2 aromatic rings. The minimum absolute atomic E-state index is 0.0211. The summed E-state index contributed by atoms with van der Waals surface area (Å²) in [4.78, 5) is 6.62. The van der Waals surface area contributed by atoms with Gasteiger partial charge in [-0.25, -0.2) is 4.98 Å². The van der Waals surface area contributed by atoms with Crippen molar-refractivity contribution in [2.45, 2.75) is 56.5 Å². The Morgan fingerprint density at radius 2 is 1.96 bits per heavy atom. The number of benzene rings is 1. The van der Waals surface area contributed by atoms with Crippen LogP contribution in [-0.2, 0) is 11.3 Å². The van der Waals surface area contributed by atoms with Gasteiger partial charge >= 0.3 is 0 Å². The molecule has 0 aliphatic carbocycles. The van der Waals surface area contributed by atoms with Gasteiger partial charge in [0.25, 0.3) is 0 Å². The van der Waals surface area contributed by atoms with Crippen molar-refractivity contribution in [1.29, 1.82) is 0 Å². The van der Waals surface area contributed by atoms with Gasteiger partial charge in [-0.2, -0.15) is 0 Å². The van der Waals surface area contributed by atoms with Crippen LogP contribution in [0.25, 0.3) is 0 Å². The zero-order valence-electron chi connectivity index (χ0n) is 15.3. The number of imidazole rings is 1. The maximum Gasteiger partial charge on any atom is 0.0945 e. The van der Waals surface area contributed by atoms with Crippen molar-refractivity contribution in [2.24, 2.45) is 0 Å². The molecule has 0 unspecified atom stereocenters. The molecule has 2 atom stereocenters. The van der Waals surface area contributed by atoms with E-state index in [0.717, 1.165) is 51.9 Å². The first-order chi connectivity index (χ1) is 12.7. The Kier molecular flexibility index (Phi) is 5.38. The van der Waals surface area contributed by atoms with E-state index >= 15 is 0 Å². The number of rotatable bonds is 5. The molecule has 5 nitrogen and oxygen atoms in total. The molecule has 1 aromatic carbocycles. The van der Waals surface area contributed by atoms with Gasteiger partial charge in [0.05, 0.1) is 24.1 Å². The summed E-state index contributed by atoms with van der Waals surface area (Å²) in [6.45, 7) is 4.24. The van der Waals surface area contributed by atoms with Crippen LogP contribution in [0.4, 0.5) is 0 Å². The number of aromatic nitrogens is 2. The number of aliphatic hydroxyl groups excluding tert-OH is 1. The van der Waals surface area contributed by atoms with Gasteiger partial charge in [-0.1, -0.05) is 30.3 Å². The van der Waals surface area contributed by atoms with Crippen molar-refractivity contribution < 1.29 is 9.84 Å². The molecule has 4 rings (SSSR count). The maximum atomic E-state index is 10.5. The Bertz CT molecular complexity index is 666. The first-order valence-corrected chi connectivity index (χ1v) is 9.81. The third-order valence-corrected chi connectivity index (χ3v) is 5.87. The van der Waals surface area contributed by atoms with Crippen molar-refractivity contribution in [3.05, 3.63) is 54.6 Å². The molecule has 26 heavy (non-hydrogen) atoms. The first-order valence-electron chi connectivity index (χ1n) is 9.81. The number of piperidine rings is 1. The molecule has 2 aliphatic heterocycles. The lowest BCUT2D eigenvalue weighted by molar-refractivity contribution is -0.184. The van der Waals surface area contributed by atoms with Crippen LogP contribution in [0.3, 0.4) is 0 Å². The van der Waals surface area contributed by atoms with E-state index in [0.29, 0.717) is 6.42 Å². The van der Waals surface area contributed by atoms with Gasteiger partial charge in [-0.15, -0.1) is 0 Å². The van der Waals surface area contributed by atoms with E-state index in [9.17, 15) is 5.11 Å². The first kappa shape index (κ1) is 17.7. The van der Waals surface area contributed by atoms with Gasteiger partial charge in [0.1, 0.15) is 0 Å². The summed E-state index contributed by atoms with van der Waals surface area (Å²) in [5.41, 5.74) is 1.03. The van der Waals surface area contributed by atoms with Crippen LogP contribution in [-0.4, -0.2) is 50.9 Å². The number of ether oxygens (including phenoxy) is 1. The molecule has 2 aliphatic rings. The molecule has 0 saturated carbocycles. The fourth-order valence-electron chi connectivity index (χ4n) is 4.43. The summed E-state index contributed by atoms with van der Waals surface area (Å²) >= 11 is 0. The van der Waals surface area contributed by atoms with Crippen LogP contribution in [0.5, 0.6) is 0 Å². The number of aliphatic hydroxyl groups is 1. The van der Waals surface area contributed by atoms with Crippen LogP contribution in [0.15, 0.2) is 49.1 Å². The average Bonchev–Trinajstić information content (AvgIpc) is 3.17. The largest absolute Gasteiger partial charge is 0.393 e. The molecular formula is C21H29N3O2. The highest BCUT2D eigenvalue weighted by Gasteiger charge is 2.43. The molecule has 2 fully saturated rings. The monoisotopic (exact) mass is 355 g/mol.